The maximum Gasteiger partial charge on any atom is 0.0636 e. The average Bonchev–Trinajstić information content (AvgIpc) is 3.29. The summed E-state index contributed by atoms with van der Waals surface area (Å²) in [4.78, 5) is 0. The zero-order valence-corrected chi connectivity index (χ0v) is 20.7. The van der Waals surface area contributed by atoms with Crippen molar-refractivity contribution in [3.05, 3.63) is 168 Å². The summed E-state index contributed by atoms with van der Waals surface area (Å²) in [6.45, 7) is 0. The number of rotatable bonds is 4. The highest BCUT2D eigenvalue weighted by molar-refractivity contribution is 6.15. The lowest BCUT2D eigenvalue weighted by atomic mass is 9.85. The number of hydrogen-bond donors (Lipinski definition) is 0. The van der Waals surface area contributed by atoms with Crippen molar-refractivity contribution in [2.45, 2.75) is 6.42 Å². The van der Waals surface area contributed by atoms with Gasteiger partial charge in [-0.05, 0) is 95.0 Å². The molecule has 0 saturated carbocycles. The summed E-state index contributed by atoms with van der Waals surface area (Å²) in [5.41, 5.74) is -3.91. The molecule has 192 valence electrons. The molecule has 0 saturated heterocycles. The highest BCUT2D eigenvalue weighted by Gasteiger charge is 2.16. The monoisotopic (exact) mass is 546 g/mol. The number of fused-ring (bicyclic) bond motifs is 4. The van der Waals surface area contributed by atoms with Crippen LogP contribution >= 0.6 is 0 Å². The maximum absolute atomic E-state index is 9.69. The molecular formula is C41H28. The van der Waals surface area contributed by atoms with Crippen LogP contribution in [0.1, 0.15) is 46.8 Å². The lowest BCUT2D eigenvalue weighted by Crippen LogP contribution is -1.96. The maximum atomic E-state index is 9.69. The Morgan fingerprint density at radius 1 is 0.366 bits per heavy atom. The van der Waals surface area contributed by atoms with E-state index in [1.165, 1.54) is 0 Å². The molecule has 0 radical (unpaired) electrons. The van der Waals surface area contributed by atoms with Crippen LogP contribution in [0.3, 0.4) is 0 Å². The third-order valence-corrected chi connectivity index (χ3v) is 6.60. The molecule has 8 aromatic carbocycles. The number of benzene rings is 8. The quantitative estimate of drug-likeness (QED) is 0.193. The van der Waals surface area contributed by atoms with Gasteiger partial charge in [-0.2, -0.15) is 0 Å². The molecule has 8 aromatic rings. The van der Waals surface area contributed by atoms with Crippen LogP contribution < -0.4 is 0 Å². The minimum absolute atomic E-state index is 0.402. The molecule has 0 heteroatoms. The summed E-state index contributed by atoms with van der Waals surface area (Å²) in [6.07, 6.45) is -0.845. The normalized spacial score (nSPS) is 20.4. The third-order valence-electron chi connectivity index (χ3n) is 6.60. The van der Waals surface area contributed by atoms with Gasteiger partial charge >= 0.3 is 0 Å². The topological polar surface area (TPSA) is 0 Å². The smallest absolute Gasteiger partial charge is 0.0616 e. The summed E-state index contributed by atoms with van der Waals surface area (Å²) in [7, 11) is 0. The van der Waals surface area contributed by atoms with Gasteiger partial charge in [0.2, 0.25) is 0 Å². The minimum atomic E-state index is -1.04. The molecule has 0 aromatic heterocycles. The standard InChI is InChI=1S/C41H28/c1-2-13-30-25-32(24-23-28(30)11-1)31-15-10-17-34(26-31)41-38-21-7-5-19-36(38)40(37-20-6-8-22-39(37)41)27-33-16-9-14-29-12-3-4-18-35(29)33/h1-26H,27H2/i1D,2D,3D,4D,5D,6D,7D,8D,9D,10D,11D,12D,13D,14D,15D,16D,17D,18D,19D,20D,21D,22D,23D,24D,25D,26D. The van der Waals surface area contributed by atoms with Gasteiger partial charge in [-0.3, -0.25) is 0 Å². The largest absolute Gasteiger partial charge is 0.0636 e. The predicted octanol–water partition coefficient (Wildman–Crippen LogP) is 11.2. The molecule has 0 unspecified atom stereocenters. The first-order valence-corrected chi connectivity index (χ1v) is 12.2. The molecular weight excluding hydrogens is 492 g/mol. The van der Waals surface area contributed by atoms with E-state index < -0.39 is 240 Å². The van der Waals surface area contributed by atoms with Gasteiger partial charge < -0.3 is 0 Å². The molecule has 0 bridgehead atoms. The van der Waals surface area contributed by atoms with Gasteiger partial charge in [-0.15, -0.1) is 0 Å². The molecule has 0 fully saturated rings. The Labute approximate surface area is 276 Å². The van der Waals surface area contributed by atoms with Crippen LogP contribution in [0.15, 0.2) is 157 Å². The molecule has 0 aliphatic heterocycles. The van der Waals surface area contributed by atoms with Crippen molar-refractivity contribution in [3.63, 3.8) is 0 Å². The average molecular weight is 547 g/mol. The van der Waals surface area contributed by atoms with Crippen molar-refractivity contribution < 1.29 is 35.6 Å². The minimum Gasteiger partial charge on any atom is -0.0616 e. The molecule has 0 amide bonds. The van der Waals surface area contributed by atoms with E-state index in [-0.39, 0.29) is 0 Å². The molecule has 0 spiro atoms. The zero-order chi connectivity index (χ0) is 49.8. The van der Waals surface area contributed by atoms with Gasteiger partial charge in [0.25, 0.3) is 0 Å². The number of hydrogen-bond acceptors (Lipinski definition) is 0. The second kappa shape index (κ2) is 9.77. The van der Waals surface area contributed by atoms with Crippen molar-refractivity contribution in [2.24, 2.45) is 0 Å². The summed E-state index contributed by atoms with van der Waals surface area (Å²) >= 11 is 0. The Morgan fingerprint density at radius 2 is 0.902 bits per heavy atom. The molecule has 8 rings (SSSR count). The van der Waals surface area contributed by atoms with E-state index in [4.69, 9.17) is 26.0 Å². The van der Waals surface area contributed by atoms with Crippen LogP contribution in [0, 0.1) is 0 Å². The first kappa shape index (κ1) is 9.16. The van der Waals surface area contributed by atoms with Gasteiger partial charge in [0.05, 0.1) is 35.6 Å². The van der Waals surface area contributed by atoms with E-state index >= 15 is 0 Å². The van der Waals surface area contributed by atoms with Crippen LogP contribution in [-0.2, 0) is 6.42 Å². The lowest BCUT2D eigenvalue weighted by molar-refractivity contribution is 1.26. The van der Waals surface area contributed by atoms with Gasteiger partial charge in [0.1, 0.15) is 0 Å². The van der Waals surface area contributed by atoms with E-state index in [1.807, 2.05) is 0 Å². The van der Waals surface area contributed by atoms with E-state index in [9.17, 15) is 9.60 Å². The van der Waals surface area contributed by atoms with Gasteiger partial charge in [0.15, 0.2) is 0 Å². The molecule has 0 aliphatic carbocycles. The highest BCUT2D eigenvalue weighted by Crippen LogP contribution is 2.41. The fourth-order valence-corrected chi connectivity index (χ4v) is 4.80. The summed E-state index contributed by atoms with van der Waals surface area (Å²) in [5, 5.41) is -4.46. The Hall–Kier alpha value is -5.20. The first-order valence-electron chi connectivity index (χ1n) is 25.2. The van der Waals surface area contributed by atoms with E-state index in [0.29, 0.717) is 0 Å². The Kier molecular flexibility index (Phi) is 2.18. The highest BCUT2D eigenvalue weighted by atomic mass is 14.2. The second-order valence-corrected chi connectivity index (χ2v) is 8.88. The second-order valence-electron chi connectivity index (χ2n) is 8.88. The fraction of sp³-hybridized carbons (Fsp3) is 0.0244. The summed E-state index contributed by atoms with van der Waals surface area (Å²) in [5.74, 6) is 0. The summed E-state index contributed by atoms with van der Waals surface area (Å²) in [6, 6.07) is -22.7. The third kappa shape index (κ3) is 4.08. The van der Waals surface area contributed by atoms with Crippen molar-refractivity contribution >= 4 is 43.1 Å². The molecule has 0 aliphatic rings. The van der Waals surface area contributed by atoms with Gasteiger partial charge in [0, 0.05) is 0 Å². The van der Waals surface area contributed by atoms with Crippen molar-refractivity contribution in [2.75, 3.05) is 0 Å². The zero-order valence-electron chi connectivity index (χ0n) is 46.7. The fourth-order valence-electron chi connectivity index (χ4n) is 4.80. The van der Waals surface area contributed by atoms with E-state index in [2.05, 4.69) is 0 Å². The Balaban J connectivity index is 1.66. The van der Waals surface area contributed by atoms with Crippen molar-refractivity contribution in [3.8, 4) is 22.3 Å². The summed E-state index contributed by atoms with van der Waals surface area (Å²) < 4.78 is 230. The van der Waals surface area contributed by atoms with Crippen molar-refractivity contribution in [1.82, 2.24) is 0 Å². The SMILES string of the molecule is [2H]c1c([2H])c(-c2c([2H])c([2H])c3c([2H])c([2H])c([2H])c([2H])c3c2[2H])c([2H])c(-c2c3c([2H])c([2H])c([2H])c([2H])c3c(Cc3c([2H])c([2H])c([2H])c4c([2H])c([2H])c([2H])c([2H])c34)c3c([2H])c([2H])c([2H])c([2H])c23)c1[2H]. The predicted molar refractivity (Wildman–Crippen MR) is 177 cm³/mol. The molecule has 0 N–H and O–H groups in total. The first-order chi connectivity index (χ1) is 31.2. The van der Waals surface area contributed by atoms with Crippen molar-refractivity contribution in [1.29, 1.82) is 0 Å². The van der Waals surface area contributed by atoms with E-state index in [1.54, 1.807) is 0 Å². The molecule has 41 heavy (non-hydrogen) atoms. The molecule has 0 heterocycles. The van der Waals surface area contributed by atoms with Gasteiger partial charge in [-0.25, -0.2) is 0 Å². The molecule has 0 nitrogen and oxygen atoms in total. The lowest BCUT2D eigenvalue weighted by Gasteiger charge is -2.18. The van der Waals surface area contributed by atoms with Crippen LogP contribution in [0.2, 0.25) is 0 Å². The van der Waals surface area contributed by atoms with Crippen LogP contribution in [0.25, 0.3) is 65.3 Å². The van der Waals surface area contributed by atoms with E-state index in [0.717, 1.165) is 0 Å². The Bertz CT molecular complexity index is 3580. The Morgan fingerprint density at radius 3 is 1.66 bits per heavy atom. The van der Waals surface area contributed by atoms with Crippen LogP contribution in [0.4, 0.5) is 0 Å². The van der Waals surface area contributed by atoms with Crippen LogP contribution in [-0.4, -0.2) is 0 Å². The van der Waals surface area contributed by atoms with Gasteiger partial charge in [-0.1, -0.05) is 145 Å². The molecule has 0 atom stereocenters. The van der Waals surface area contributed by atoms with Crippen LogP contribution in [0.5, 0.6) is 0 Å².